The lowest BCUT2D eigenvalue weighted by Gasteiger charge is -2.15. The predicted molar refractivity (Wildman–Crippen MR) is 74.7 cm³/mol. The van der Waals surface area contributed by atoms with E-state index in [1.807, 2.05) is 13.0 Å². The average molecular weight is 256 g/mol. The van der Waals surface area contributed by atoms with Crippen LogP contribution in [-0.4, -0.2) is 27.1 Å². The first-order valence-electron chi connectivity index (χ1n) is 6.86. The first-order chi connectivity index (χ1) is 9.20. The Labute approximate surface area is 113 Å². The first-order valence-corrected chi connectivity index (χ1v) is 6.86. The Morgan fingerprint density at radius 2 is 2.16 bits per heavy atom. The van der Waals surface area contributed by atoms with Gasteiger partial charge in [0.15, 0.2) is 0 Å². The molecule has 4 nitrogen and oxygen atoms in total. The number of nitrogens with one attached hydrogen (secondary N) is 1. The molecule has 0 bridgehead atoms. The average Bonchev–Trinajstić information content (AvgIpc) is 3.11. The van der Waals surface area contributed by atoms with E-state index in [1.165, 1.54) is 24.2 Å². The largest absolute Gasteiger partial charge is 0.295 e. The van der Waals surface area contributed by atoms with E-state index in [-0.39, 0.29) is 0 Å². The first kappa shape index (κ1) is 12.4. The number of pyridine rings is 1. The van der Waals surface area contributed by atoms with Gasteiger partial charge in [0.05, 0.1) is 11.4 Å². The normalized spacial score (nSPS) is 15.1. The molecule has 0 atom stereocenters. The molecule has 0 spiro atoms. The molecule has 2 heterocycles. The van der Waals surface area contributed by atoms with Gasteiger partial charge in [-0.15, -0.1) is 0 Å². The molecule has 0 saturated heterocycles. The van der Waals surface area contributed by atoms with E-state index >= 15 is 0 Å². The van der Waals surface area contributed by atoms with Crippen molar-refractivity contribution in [2.75, 3.05) is 7.05 Å². The van der Waals surface area contributed by atoms with Crippen LogP contribution < -0.4 is 0 Å². The summed E-state index contributed by atoms with van der Waals surface area (Å²) in [5.41, 5.74) is 4.61. The highest BCUT2D eigenvalue weighted by atomic mass is 15.2. The summed E-state index contributed by atoms with van der Waals surface area (Å²) in [6, 6.07) is 8.37. The molecular weight excluding hydrogens is 236 g/mol. The molecule has 1 aliphatic rings. The van der Waals surface area contributed by atoms with E-state index in [2.05, 4.69) is 45.3 Å². The van der Waals surface area contributed by atoms with Gasteiger partial charge >= 0.3 is 0 Å². The topological polar surface area (TPSA) is 44.8 Å². The highest BCUT2D eigenvalue weighted by Gasteiger charge is 2.26. The molecule has 2 aromatic heterocycles. The molecule has 1 saturated carbocycles. The second kappa shape index (κ2) is 5.13. The third-order valence-electron chi connectivity index (χ3n) is 3.46. The summed E-state index contributed by atoms with van der Waals surface area (Å²) in [5.74, 6) is 0.716. The molecule has 0 radical (unpaired) electrons. The molecule has 19 heavy (non-hydrogen) atoms. The Morgan fingerprint density at radius 1 is 1.32 bits per heavy atom. The van der Waals surface area contributed by atoms with Crippen LogP contribution in [0.1, 0.15) is 41.5 Å². The van der Waals surface area contributed by atoms with Gasteiger partial charge in [0.25, 0.3) is 0 Å². The lowest BCUT2D eigenvalue weighted by Crippen LogP contribution is -2.18. The van der Waals surface area contributed by atoms with Crippen molar-refractivity contribution < 1.29 is 0 Å². The summed E-state index contributed by atoms with van der Waals surface area (Å²) >= 11 is 0. The fourth-order valence-corrected chi connectivity index (χ4v) is 2.36. The van der Waals surface area contributed by atoms with Crippen molar-refractivity contribution in [1.82, 2.24) is 20.1 Å². The van der Waals surface area contributed by atoms with Crippen molar-refractivity contribution in [3.05, 3.63) is 47.0 Å². The zero-order chi connectivity index (χ0) is 13.2. The highest BCUT2D eigenvalue weighted by Crippen LogP contribution is 2.39. The summed E-state index contributed by atoms with van der Waals surface area (Å²) in [6.45, 7) is 3.77. The van der Waals surface area contributed by atoms with Crippen LogP contribution in [-0.2, 0) is 13.1 Å². The Balaban J connectivity index is 1.59. The van der Waals surface area contributed by atoms with Crippen LogP contribution in [0.3, 0.4) is 0 Å². The fourth-order valence-electron chi connectivity index (χ4n) is 2.36. The second-order valence-electron chi connectivity index (χ2n) is 5.53. The van der Waals surface area contributed by atoms with Crippen LogP contribution in [0.2, 0.25) is 0 Å². The summed E-state index contributed by atoms with van der Waals surface area (Å²) < 4.78 is 0. The maximum absolute atomic E-state index is 4.53. The molecule has 1 N–H and O–H groups in total. The van der Waals surface area contributed by atoms with Gasteiger partial charge in [0, 0.05) is 30.4 Å². The van der Waals surface area contributed by atoms with Crippen LogP contribution in [0.5, 0.6) is 0 Å². The SMILES string of the molecule is Cc1cccc(CN(C)Cc2cc(C3CC3)n[nH]2)n1. The number of aryl methyl sites for hydroxylation is 1. The molecule has 0 aliphatic heterocycles. The molecule has 3 rings (SSSR count). The molecule has 0 aromatic carbocycles. The number of nitrogens with zero attached hydrogens (tertiary/aromatic N) is 3. The molecule has 1 aliphatic carbocycles. The molecule has 100 valence electrons. The number of hydrogen-bond acceptors (Lipinski definition) is 3. The molecule has 4 heteroatoms. The summed E-state index contributed by atoms with van der Waals surface area (Å²) in [7, 11) is 2.11. The van der Waals surface area contributed by atoms with E-state index in [0.29, 0.717) is 5.92 Å². The molecule has 2 aromatic rings. The maximum atomic E-state index is 4.53. The van der Waals surface area contributed by atoms with E-state index in [9.17, 15) is 0 Å². The zero-order valence-corrected chi connectivity index (χ0v) is 11.6. The van der Waals surface area contributed by atoms with Crippen LogP contribution in [0.4, 0.5) is 0 Å². The predicted octanol–water partition coefficient (Wildman–Crippen LogP) is 2.62. The van der Waals surface area contributed by atoms with Crippen LogP contribution in [0, 0.1) is 6.92 Å². The lowest BCUT2D eigenvalue weighted by atomic mass is 10.2. The van der Waals surface area contributed by atoms with Gasteiger partial charge in [0.1, 0.15) is 0 Å². The second-order valence-corrected chi connectivity index (χ2v) is 5.53. The lowest BCUT2D eigenvalue weighted by molar-refractivity contribution is 0.311. The van der Waals surface area contributed by atoms with Crippen molar-refractivity contribution >= 4 is 0 Å². The van der Waals surface area contributed by atoms with E-state index in [1.54, 1.807) is 0 Å². The number of aromatic amines is 1. The van der Waals surface area contributed by atoms with Gasteiger partial charge in [-0.3, -0.25) is 15.0 Å². The molecule has 0 amide bonds. The minimum Gasteiger partial charge on any atom is -0.295 e. The molecule has 1 fully saturated rings. The molecular formula is C15H20N4. The Morgan fingerprint density at radius 3 is 2.89 bits per heavy atom. The smallest absolute Gasteiger partial charge is 0.0656 e. The summed E-state index contributed by atoms with van der Waals surface area (Å²) in [4.78, 5) is 6.79. The minimum absolute atomic E-state index is 0.716. The van der Waals surface area contributed by atoms with Crippen molar-refractivity contribution in [1.29, 1.82) is 0 Å². The summed E-state index contributed by atoms with van der Waals surface area (Å²) in [6.07, 6.45) is 2.60. The van der Waals surface area contributed by atoms with Crippen molar-refractivity contribution in [3.8, 4) is 0 Å². The molecule has 0 unspecified atom stereocenters. The summed E-state index contributed by atoms with van der Waals surface area (Å²) in [5, 5.41) is 7.53. The van der Waals surface area contributed by atoms with Crippen molar-refractivity contribution in [3.63, 3.8) is 0 Å². The van der Waals surface area contributed by atoms with Crippen LogP contribution in [0.15, 0.2) is 24.3 Å². The van der Waals surface area contributed by atoms with Crippen molar-refractivity contribution in [2.24, 2.45) is 0 Å². The highest BCUT2D eigenvalue weighted by molar-refractivity contribution is 5.17. The Bertz CT molecular complexity index is 557. The third kappa shape index (κ3) is 3.20. The van der Waals surface area contributed by atoms with Gasteiger partial charge < -0.3 is 0 Å². The van der Waals surface area contributed by atoms with Gasteiger partial charge in [-0.25, -0.2) is 0 Å². The number of rotatable bonds is 5. The monoisotopic (exact) mass is 256 g/mol. The number of aromatic nitrogens is 3. The zero-order valence-electron chi connectivity index (χ0n) is 11.6. The Hall–Kier alpha value is -1.68. The van der Waals surface area contributed by atoms with E-state index < -0.39 is 0 Å². The minimum atomic E-state index is 0.716. The van der Waals surface area contributed by atoms with Gasteiger partial charge in [-0.05, 0) is 45.0 Å². The fraction of sp³-hybridized carbons (Fsp3) is 0.467. The van der Waals surface area contributed by atoms with Crippen molar-refractivity contribution in [2.45, 2.75) is 38.8 Å². The van der Waals surface area contributed by atoms with Gasteiger partial charge in [-0.2, -0.15) is 5.10 Å². The van der Waals surface area contributed by atoms with Crippen LogP contribution >= 0.6 is 0 Å². The van der Waals surface area contributed by atoms with Gasteiger partial charge in [-0.1, -0.05) is 6.07 Å². The van der Waals surface area contributed by atoms with Crippen LogP contribution in [0.25, 0.3) is 0 Å². The third-order valence-corrected chi connectivity index (χ3v) is 3.46. The van der Waals surface area contributed by atoms with E-state index in [4.69, 9.17) is 0 Å². The van der Waals surface area contributed by atoms with E-state index in [0.717, 1.165) is 24.5 Å². The van der Waals surface area contributed by atoms with Gasteiger partial charge in [0.2, 0.25) is 0 Å². The number of hydrogen-bond donors (Lipinski definition) is 1. The quantitative estimate of drug-likeness (QED) is 0.894. The number of H-pyrrole nitrogens is 1. The maximum Gasteiger partial charge on any atom is 0.0656 e. The standard InChI is InChI=1S/C15H20N4/c1-11-4-3-5-13(16-11)9-19(2)10-14-8-15(18-17-14)12-6-7-12/h3-5,8,12H,6-7,9-10H2,1-2H3,(H,17,18). The Kier molecular flexibility index (Phi) is 3.34.